The smallest absolute Gasteiger partial charge is 0.245 e. The fraction of sp³-hybridized carbons (Fsp3) is 0.235. The minimum atomic E-state index is -3.68. The van der Waals surface area contributed by atoms with Crippen molar-refractivity contribution < 1.29 is 13.2 Å². The Balaban J connectivity index is 1.88. The molecule has 24 heavy (non-hydrogen) atoms. The van der Waals surface area contributed by atoms with Crippen LogP contribution in [0.3, 0.4) is 0 Å². The standard InChI is InChI=1S/C17H17BrN2O3S/c1-13-17(21)19(15-7-5-6-14(18)12-15)10-11-20(13)24(22,23)16-8-3-2-4-9-16/h2-9,12-13H,10-11H2,1H3/t13-/m0/s1. The molecule has 1 fully saturated rings. The van der Waals surface area contributed by atoms with E-state index in [1.165, 1.54) is 4.31 Å². The summed E-state index contributed by atoms with van der Waals surface area (Å²) in [6.45, 7) is 2.22. The predicted octanol–water partition coefficient (Wildman–Crippen LogP) is 2.88. The quantitative estimate of drug-likeness (QED) is 0.784. The van der Waals surface area contributed by atoms with Gasteiger partial charge in [-0.1, -0.05) is 40.2 Å². The lowest BCUT2D eigenvalue weighted by atomic mass is 10.2. The average molecular weight is 409 g/mol. The first-order chi connectivity index (χ1) is 11.4. The van der Waals surface area contributed by atoms with Gasteiger partial charge < -0.3 is 4.90 Å². The third-order valence-electron chi connectivity index (χ3n) is 4.07. The van der Waals surface area contributed by atoms with Gasteiger partial charge in [0.2, 0.25) is 15.9 Å². The van der Waals surface area contributed by atoms with Crippen molar-refractivity contribution in [3.63, 3.8) is 0 Å². The summed E-state index contributed by atoms with van der Waals surface area (Å²) < 4.78 is 27.7. The number of carbonyl (C=O) groups is 1. The van der Waals surface area contributed by atoms with E-state index in [1.54, 1.807) is 42.2 Å². The Kier molecular flexibility index (Phi) is 4.76. The van der Waals surface area contributed by atoms with Crippen LogP contribution in [0.25, 0.3) is 0 Å². The number of rotatable bonds is 3. The van der Waals surface area contributed by atoms with E-state index in [0.29, 0.717) is 6.54 Å². The van der Waals surface area contributed by atoms with Gasteiger partial charge >= 0.3 is 0 Å². The number of anilines is 1. The van der Waals surface area contributed by atoms with Gasteiger partial charge in [0.25, 0.3) is 0 Å². The lowest BCUT2D eigenvalue weighted by Gasteiger charge is -2.38. The molecular weight excluding hydrogens is 392 g/mol. The summed E-state index contributed by atoms with van der Waals surface area (Å²) in [4.78, 5) is 14.6. The lowest BCUT2D eigenvalue weighted by molar-refractivity contribution is -0.123. The molecule has 1 amide bonds. The summed E-state index contributed by atoms with van der Waals surface area (Å²) >= 11 is 3.39. The van der Waals surface area contributed by atoms with Crippen LogP contribution in [0.2, 0.25) is 0 Å². The van der Waals surface area contributed by atoms with Crippen molar-refractivity contribution in [1.29, 1.82) is 0 Å². The molecule has 126 valence electrons. The van der Waals surface area contributed by atoms with Crippen molar-refractivity contribution in [2.45, 2.75) is 17.9 Å². The lowest BCUT2D eigenvalue weighted by Crippen LogP contribution is -2.57. The molecule has 1 aliphatic rings. The number of benzene rings is 2. The van der Waals surface area contributed by atoms with E-state index in [1.807, 2.05) is 24.3 Å². The Bertz CT molecular complexity index is 855. The minimum Gasteiger partial charge on any atom is -0.310 e. The van der Waals surface area contributed by atoms with Crippen molar-refractivity contribution in [1.82, 2.24) is 4.31 Å². The van der Waals surface area contributed by atoms with Gasteiger partial charge in [-0.2, -0.15) is 4.31 Å². The number of halogens is 1. The fourth-order valence-corrected chi connectivity index (χ4v) is 4.80. The second-order valence-electron chi connectivity index (χ2n) is 5.57. The molecule has 1 atom stereocenters. The summed E-state index contributed by atoms with van der Waals surface area (Å²) in [5.41, 5.74) is 0.762. The summed E-state index contributed by atoms with van der Waals surface area (Å²) in [6.07, 6.45) is 0. The number of amides is 1. The van der Waals surface area contributed by atoms with E-state index in [2.05, 4.69) is 15.9 Å². The molecule has 1 aliphatic heterocycles. The molecule has 0 saturated carbocycles. The summed E-state index contributed by atoms with van der Waals surface area (Å²) in [5.74, 6) is -0.223. The van der Waals surface area contributed by atoms with Crippen LogP contribution in [0.15, 0.2) is 64.0 Å². The molecule has 0 N–H and O–H groups in total. The van der Waals surface area contributed by atoms with Crippen molar-refractivity contribution >= 4 is 37.5 Å². The molecule has 0 unspecified atom stereocenters. The normalized spacial score (nSPS) is 19.5. The second kappa shape index (κ2) is 6.66. The second-order valence-corrected chi connectivity index (χ2v) is 8.38. The summed E-state index contributed by atoms with van der Waals surface area (Å²) in [7, 11) is -3.68. The SMILES string of the molecule is C[C@H]1C(=O)N(c2cccc(Br)c2)CCN1S(=O)(=O)c1ccccc1. The van der Waals surface area contributed by atoms with Crippen LogP contribution >= 0.6 is 15.9 Å². The Morgan fingerprint density at radius 1 is 1.04 bits per heavy atom. The van der Waals surface area contributed by atoms with E-state index < -0.39 is 16.1 Å². The van der Waals surface area contributed by atoms with Gasteiger partial charge in [-0.25, -0.2) is 8.42 Å². The topological polar surface area (TPSA) is 57.7 Å². The van der Waals surface area contributed by atoms with Crippen LogP contribution in [0, 0.1) is 0 Å². The third-order valence-corrected chi connectivity index (χ3v) is 6.55. The molecule has 0 spiro atoms. The maximum absolute atomic E-state index is 12.8. The summed E-state index contributed by atoms with van der Waals surface area (Å²) in [5, 5.41) is 0. The molecule has 0 aromatic heterocycles. The molecule has 5 nitrogen and oxygen atoms in total. The molecule has 1 heterocycles. The van der Waals surface area contributed by atoms with Crippen LogP contribution < -0.4 is 4.90 Å². The highest BCUT2D eigenvalue weighted by molar-refractivity contribution is 9.10. The molecule has 2 aromatic carbocycles. The number of hydrogen-bond donors (Lipinski definition) is 0. The zero-order valence-electron chi connectivity index (χ0n) is 13.1. The van der Waals surface area contributed by atoms with Crippen molar-refractivity contribution in [3.05, 3.63) is 59.1 Å². The van der Waals surface area contributed by atoms with Gasteiger partial charge in [-0.3, -0.25) is 4.79 Å². The first-order valence-corrected chi connectivity index (χ1v) is 9.78. The number of sulfonamides is 1. The fourth-order valence-electron chi connectivity index (χ4n) is 2.81. The van der Waals surface area contributed by atoms with Crippen LogP contribution in [-0.4, -0.2) is 37.8 Å². The van der Waals surface area contributed by atoms with Crippen LogP contribution in [0.4, 0.5) is 5.69 Å². The highest BCUT2D eigenvalue weighted by Crippen LogP contribution is 2.27. The maximum atomic E-state index is 12.8. The third kappa shape index (κ3) is 3.11. The highest BCUT2D eigenvalue weighted by Gasteiger charge is 2.39. The largest absolute Gasteiger partial charge is 0.310 e. The van der Waals surface area contributed by atoms with Crippen LogP contribution in [-0.2, 0) is 14.8 Å². The number of piperazine rings is 1. The van der Waals surface area contributed by atoms with Crippen molar-refractivity contribution in [3.8, 4) is 0 Å². The Morgan fingerprint density at radius 2 is 1.75 bits per heavy atom. The number of carbonyl (C=O) groups excluding carboxylic acids is 1. The zero-order valence-corrected chi connectivity index (χ0v) is 15.5. The Labute approximate surface area is 150 Å². The highest BCUT2D eigenvalue weighted by atomic mass is 79.9. The van der Waals surface area contributed by atoms with Gasteiger partial charge in [0.15, 0.2) is 0 Å². The minimum absolute atomic E-state index is 0.209. The van der Waals surface area contributed by atoms with Gasteiger partial charge in [0.1, 0.15) is 6.04 Å². The zero-order chi connectivity index (χ0) is 17.3. The molecule has 7 heteroatoms. The van der Waals surface area contributed by atoms with E-state index in [4.69, 9.17) is 0 Å². The van der Waals surface area contributed by atoms with E-state index in [-0.39, 0.29) is 17.3 Å². The number of nitrogens with zero attached hydrogens (tertiary/aromatic N) is 2. The summed E-state index contributed by atoms with van der Waals surface area (Å²) in [6, 6.07) is 14.9. The monoisotopic (exact) mass is 408 g/mol. The molecule has 0 aliphatic carbocycles. The van der Waals surface area contributed by atoms with E-state index in [0.717, 1.165) is 10.2 Å². The molecule has 2 aromatic rings. The van der Waals surface area contributed by atoms with Crippen LogP contribution in [0.1, 0.15) is 6.92 Å². The molecule has 0 bridgehead atoms. The molecule has 0 radical (unpaired) electrons. The molecular formula is C17H17BrN2O3S. The first-order valence-electron chi connectivity index (χ1n) is 7.55. The van der Waals surface area contributed by atoms with Gasteiger partial charge in [-0.15, -0.1) is 0 Å². The van der Waals surface area contributed by atoms with Gasteiger partial charge in [-0.05, 0) is 37.3 Å². The van der Waals surface area contributed by atoms with Crippen molar-refractivity contribution in [2.24, 2.45) is 0 Å². The van der Waals surface area contributed by atoms with E-state index >= 15 is 0 Å². The Morgan fingerprint density at radius 3 is 2.42 bits per heavy atom. The van der Waals surface area contributed by atoms with Gasteiger partial charge in [0, 0.05) is 23.2 Å². The van der Waals surface area contributed by atoms with Crippen molar-refractivity contribution in [2.75, 3.05) is 18.0 Å². The first kappa shape index (κ1) is 17.1. The predicted molar refractivity (Wildman–Crippen MR) is 96.3 cm³/mol. The van der Waals surface area contributed by atoms with Crippen LogP contribution in [0.5, 0.6) is 0 Å². The molecule has 3 rings (SSSR count). The van der Waals surface area contributed by atoms with E-state index in [9.17, 15) is 13.2 Å². The van der Waals surface area contributed by atoms with Gasteiger partial charge in [0.05, 0.1) is 4.90 Å². The average Bonchev–Trinajstić information content (AvgIpc) is 2.58. The molecule has 1 saturated heterocycles. The Hall–Kier alpha value is -1.70. The number of hydrogen-bond acceptors (Lipinski definition) is 3. The maximum Gasteiger partial charge on any atom is 0.245 e.